The number of nitrogens with two attached hydrogens (primary N) is 3. The molecule has 2 rings (SSSR count). The molecule has 1 aliphatic heterocycles. The molecule has 212 valence electrons. The summed E-state index contributed by atoms with van der Waals surface area (Å²) in [5.74, 6) is -2.86. The number of rotatable bonds is 17. The van der Waals surface area contributed by atoms with Crippen LogP contribution in [0.4, 0.5) is 0 Å². The number of aromatic nitrogens is 2. The molecule has 0 spiro atoms. The third-order valence-electron chi connectivity index (χ3n) is 6.13. The highest BCUT2D eigenvalue weighted by Gasteiger charge is 2.31. The van der Waals surface area contributed by atoms with E-state index in [4.69, 9.17) is 17.2 Å². The number of hydrogen-bond acceptors (Lipinski definition) is 8. The average Bonchev–Trinajstić information content (AvgIpc) is 3.59. The third-order valence-corrected chi connectivity index (χ3v) is 6.13. The number of carbonyl (C=O) groups excluding carboxylic acids is 3. The number of imidazole rings is 1. The van der Waals surface area contributed by atoms with Crippen LogP contribution >= 0.6 is 0 Å². The van der Waals surface area contributed by atoms with Crippen LogP contribution in [0.25, 0.3) is 0 Å². The van der Waals surface area contributed by atoms with Gasteiger partial charge >= 0.3 is 5.97 Å². The van der Waals surface area contributed by atoms with Crippen LogP contribution in [-0.2, 0) is 25.6 Å². The minimum absolute atomic E-state index is 0.0259. The van der Waals surface area contributed by atoms with Gasteiger partial charge in [0, 0.05) is 24.9 Å². The van der Waals surface area contributed by atoms with Crippen LogP contribution in [0.15, 0.2) is 17.5 Å². The first-order valence-electron chi connectivity index (χ1n) is 12.8. The van der Waals surface area contributed by atoms with Crippen LogP contribution in [0.1, 0.15) is 50.6 Å². The highest BCUT2D eigenvalue weighted by molar-refractivity contribution is 5.94. The Morgan fingerprint density at radius 2 is 1.74 bits per heavy atom. The average molecular weight is 537 g/mol. The first-order chi connectivity index (χ1) is 18.2. The summed E-state index contributed by atoms with van der Waals surface area (Å²) in [6.07, 6.45) is 6.45. The zero-order valence-electron chi connectivity index (χ0n) is 21.4. The van der Waals surface area contributed by atoms with Gasteiger partial charge in [0.25, 0.3) is 0 Å². The lowest BCUT2D eigenvalue weighted by molar-refractivity contribution is -0.142. The number of unbranched alkanes of at least 4 members (excludes halogenated alkanes) is 1. The van der Waals surface area contributed by atoms with Crippen LogP contribution in [0.3, 0.4) is 0 Å². The maximum atomic E-state index is 13.3. The lowest BCUT2D eigenvalue weighted by Gasteiger charge is -2.25. The molecule has 2 heterocycles. The summed E-state index contributed by atoms with van der Waals surface area (Å²) < 4.78 is 0. The summed E-state index contributed by atoms with van der Waals surface area (Å²) in [6, 6.07) is -3.60. The van der Waals surface area contributed by atoms with Gasteiger partial charge in [0.1, 0.15) is 18.1 Å². The molecule has 0 saturated carbocycles. The predicted octanol–water partition coefficient (Wildman–Crippen LogP) is -2.57. The van der Waals surface area contributed by atoms with Gasteiger partial charge in [-0.25, -0.2) is 9.78 Å². The maximum absolute atomic E-state index is 13.3. The van der Waals surface area contributed by atoms with Crippen molar-refractivity contribution in [2.24, 2.45) is 22.2 Å². The van der Waals surface area contributed by atoms with E-state index in [1.165, 1.54) is 12.5 Å². The Morgan fingerprint density at radius 3 is 2.32 bits per heavy atom. The second-order valence-corrected chi connectivity index (χ2v) is 9.18. The molecule has 1 fully saturated rings. The summed E-state index contributed by atoms with van der Waals surface area (Å²) in [5, 5.41) is 20.7. The van der Waals surface area contributed by atoms with E-state index < -0.39 is 35.9 Å². The summed E-state index contributed by atoms with van der Waals surface area (Å²) in [7, 11) is 0. The van der Waals surface area contributed by atoms with Gasteiger partial charge in [0.15, 0.2) is 5.96 Å². The molecule has 0 aromatic carbocycles. The number of hydrogen-bond donors (Lipinski definition) is 9. The van der Waals surface area contributed by atoms with E-state index in [-0.39, 0.29) is 37.3 Å². The van der Waals surface area contributed by atoms with E-state index in [0.717, 1.165) is 13.0 Å². The number of amides is 3. The Bertz CT molecular complexity index is 929. The number of guanidine groups is 1. The quantitative estimate of drug-likeness (QED) is 0.0571. The van der Waals surface area contributed by atoms with Gasteiger partial charge in [-0.3, -0.25) is 19.4 Å². The molecule has 38 heavy (non-hydrogen) atoms. The number of H-pyrrole nitrogens is 1. The van der Waals surface area contributed by atoms with Gasteiger partial charge in [-0.1, -0.05) is 0 Å². The first-order valence-corrected chi connectivity index (χ1v) is 12.8. The van der Waals surface area contributed by atoms with E-state index >= 15 is 0 Å². The number of aliphatic imine (C=N–C) groups is 1. The highest BCUT2D eigenvalue weighted by Crippen LogP contribution is 2.09. The molecule has 1 saturated heterocycles. The standard InChI is InChI=1S/C23H40N10O5/c24-8-2-1-5-16(31-19(34)15-6-3-9-28-15)20(35)32-17(7-4-10-29-23(25)26)21(36)33-18(22(37)38)11-14-12-27-13-30-14/h12-13,15-18,28H,1-11,24H2,(H,27,30)(H,31,34)(H,32,35)(H,33,36)(H,37,38)(H4,25,26,29). The number of carboxylic acid groups (broad SMARTS) is 1. The van der Waals surface area contributed by atoms with Gasteiger partial charge in [-0.05, 0) is 58.0 Å². The number of aliphatic carboxylic acids is 1. The second-order valence-electron chi connectivity index (χ2n) is 9.18. The fraction of sp³-hybridized carbons (Fsp3) is 0.652. The van der Waals surface area contributed by atoms with E-state index in [2.05, 4.69) is 36.2 Å². The molecule has 3 amide bonds. The number of nitrogens with zero attached hydrogens (tertiary/aromatic N) is 2. The van der Waals surface area contributed by atoms with Gasteiger partial charge in [0.2, 0.25) is 17.7 Å². The molecule has 0 aliphatic carbocycles. The number of nitrogens with one attached hydrogen (secondary N) is 5. The summed E-state index contributed by atoms with van der Waals surface area (Å²) >= 11 is 0. The highest BCUT2D eigenvalue weighted by atomic mass is 16.4. The summed E-state index contributed by atoms with van der Waals surface area (Å²) in [5.41, 5.74) is 16.8. The Morgan fingerprint density at radius 1 is 1.05 bits per heavy atom. The number of carboxylic acids is 1. The van der Waals surface area contributed by atoms with Gasteiger partial charge in [-0.15, -0.1) is 0 Å². The summed E-state index contributed by atoms with van der Waals surface area (Å²) in [4.78, 5) is 61.5. The Kier molecular flexibility index (Phi) is 13.0. The molecule has 0 radical (unpaired) electrons. The van der Waals surface area contributed by atoms with Crippen molar-refractivity contribution in [2.75, 3.05) is 19.6 Å². The lowest BCUT2D eigenvalue weighted by atomic mass is 10.0. The van der Waals surface area contributed by atoms with Gasteiger partial charge in [-0.2, -0.15) is 0 Å². The molecule has 4 unspecified atom stereocenters. The topological polar surface area (TPSA) is 256 Å². The predicted molar refractivity (Wildman–Crippen MR) is 140 cm³/mol. The minimum Gasteiger partial charge on any atom is -0.480 e. The zero-order valence-corrected chi connectivity index (χ0v) is 21.4. The fourth-order valence-corrected chi connectivity index (χ4v) is 4.08. The Hall–Kier alpha value is -3.72. The normalized spacial score (nSPS) is 17.1. The lowest BCUT2D eigenvalue weighted by Crippen LogP contribution is -2.57. The van der Waals surface area contributed by atoms with Crippen LogP contribution in [0.2, 0.25) is 0 Å². The molecule has 15 heteroatoms. The molecule has 0 bridgehead atoms. The van der Waals surface area contributed by atoms with Crippen LogP contribution in [-0.4, -0.2) is 88.5 Å². The molecule has 15 nitrogen and oxygen atoms in total. The summed E-state index contributed by atoms with van der Waals surface area (Å²) in [6.45, 7) is 1.38. The van der Waals surface area contributed by atoms with Crippen molar-refractivity contribution in [2.45, 2.75) is 75.5 Å². The maximum Gasteiger partial charge on any atom is 0.326 e. The molecular formula is C23H40N10O5. The molecular weight excluding hydrogens is 496 g/mol. The van der Waals surface area contributed by atoms with Crippen molar-refractivity contribution in [1.82, 2.24) is 31.2 Å². The van der Waals surface area contributed by atoms with Crippen molar-refractivity contribution in [3.05, 3.63) is 18.2 Å². The van der Waals surface area contributed by atoms with Gasteiger partial charge in [0.05, 0.1) is 12.4 Å². The van der Waals surface area contributed by atoms with Crippen molar-refractivity contribution >= 4 is 29.7 Å². The van der Waals surface area contributed by atoms with Crippen molar-refractivity contribution in [3.63, 3.8) is 0 Å². The van der Waals surface area contributed by atoms with Crippen molar-refractivity contribution in [3.8, 4) is 0 Å². The largest absolute Gasteiger partial charge is 0.480 e. The third kappa shape index (κ3) is 10.7. The molecule has 12 N–H and O–H groups in total. The smallest absolute Gasteiger partial charge is 0.326 e. The van der Waals surface area contributed by atoms with E-state index in [1.54, 1.807) is 0 Å². The second kappa shape index (κ2) is 16.2. The fourth-order valence-electron chi connectivity index (χ4n) is 4.08. The first kappa shape index (κ1) is 30.5. The van der Waals surface area contributed by atoms with Crippen molar-refractivity contribution in [1.29, 1.82) is 0 Å². The van der Waals surface area contributed by atoms with E-state index in [0.29, 0.717) is 44.3 Å². The monoisotopic (exact) mass is 536 g/mol. The van der Waals surface area contributed by atoms with Crippen molar-refractivity contribution < 1.29 is 24.3 Å². The molecule has 1 aromatic heterocycles. The SMILES string of the molecule is NCCCCC(NC(=O)C1CCCN1)C(=O)NC(CCCN=C(N)N)C(=O)NC(Cc1cnc[nH]1)C(=O)O. The van der Waals surface area contributed by atoms with Gasteiger partial charge < -0.3 is 48.6 Å². The molecule has 1 aromatic rings. The van der Waals surface area contributed by atoms with E-state index in [1.807, 2.05) is 0 Å². The number of carbonyl (C=O) groups is 4. The zero-order chi connectivity index (χ0) is 27.9. The van der Waals surface area contributed by atoms with Crippen LogP contribution < -0.4 is 38.5 Å². The molecule has 4 atom stereocenters. The Labute approximate surface area is 221 Å². The number of aromatic amines is 1. The van der Waals surface area contributed by atoms with Crippen LogP contribution in [0.5, 0.6) is 0 Å². The van der Waals surface area contributed by atoms with E-state index in [9.17, 15) is 24.3 Å². The molecule has 1 aliphatic rings. The minimum atomic E-state index is -1.26. The van der Waals surface area contributed by atoms with Crippen LogP contribution in [0, 0.1) is 0 Å². The Balaban J connectivity index is 2.12.